The maximum atomic E-state index is 2.73. The molecule has 0 saturated heterocycles. The van der Waals surface area contributed by atoms with Gasteiger partial charge in [0.1, 0.15) is 0 Å². The van der Waals surface area contributed by atoms with E-state index in [4.69, 9.17) is 0 Å². The first-order valence-electron chi connectivity index (χ1n) is 21.0. The van der Waals surface area contributed by atoms with Gasteiger partial charge in [0.05, 0.1) is 0 Å². The Bertz CT molecular complexity index is 944. The average Bonchev–Trinajstić information content (AvgIpc) is 3.85. The molecule has 3 atom stereocenters. The van der Waals surface area contributed by atoms with Crippen LogP contribution in [0.2, 0.25) is 0 Å². The molecule has 0 radical (unpaired) electrons. The Balaban J connectivity index is 0.000000662. The Kier molecular flexibility index (Phi) is 17.0. The molecule has 1 aromatic carbocycles. The maximum absolute atomic E-state index is 2.73. The summed E-state index contributed by atoms with van der Waals surface area (Å²) in [4.78, 5) is 2.73. The second-order valence-corrected chi connectivity index (χ2v) is 22.7. The molecule has 2 unspecified atom stereocenters. The van der Waals surface area contributed by atoms with Crippen LogP contribution < -0.4 is 5.30 Å². The summed E-state index contributed by atoms with van der Waals surface area (Å²) < 4.78 is 0. The van der Waals surface area contributed by atoms with Crippen molar-refractivity contribution in [3.8, 4) is 0 Å². The number of rotatable bonds is 9. The minimum atomic E-state index is -0.0597. The molecule has 0 aromatic heterocycles. The van der Waals surface area contributed by atoms with E-state index >= 15 is 0 Å². The van der Waals surface area contributed by atoms with Crippen LogP contribution in [0.3, 0.4) is 0 Å². The van der Waals surface area contributed by atoms with Crippen molar-refractivity contribution in [1.29, 1.82) is 0 Å². The predicted octanol–water partition coefficient (Wildman–Crippen LogP) is 13.3. The van der Waals surface area contributed by atoms with Gasteiger partial charge in [0.15, 0.2) is 0 Å². The summed E-state index contributed by atoms with van der Waals surface area (Å²) in [5, 5.41) is 1.88. The molecule has 6 fully saturated rings. The Morgan fingerprint density at radius 2 is 0.894 bits per heavy atom. The van der Waals surface area contributed by atoms with Crippen molar-refractivity contribution in [2.45, 2.75) is 214 Å². The van der Waals surface area contributed by atoms with Crippen LogP contribution in [0.25, 0.3) is 0 Å². The largest absolute Gasteiger partial charge is 0.302 e. The number of hydrogen-bond donors (Lipinski definition) is 0. The van der Waals surface area contributed by atoms with E-state index in [0.717, 1.165) is 34.2 Å². The summed E-state index contributed by atoms with van der Waals surface area (Å²) in [6.45, 7) is 0. The summed E-state index contributed by atoms with van der Waals surface area (Å²) in [5.74, 6) is 0.885. The Morgan fingerprint density at radius 3 is 1.34 bits per heavy atom. The third-order valence-corrected chi connectivity index (χ3v) is 21.3. The molecule has 4 heteroatoms. The molecule has 6 aliphatic rings. The van der Waals surface area contributed by atoms with E-state index in [1.807, 2.05) is 5.30 Å². The molecule has 1 aromatic rings. The van der Waals surface area contributed by atoms with Crippen molar-refractivity contribution in [2.75, 3.05) is 14.1 Å². The van der Waals surface area contributed by atoms with Crippen molar-refractivity contribution in [2.24, 2.45) is 5.92 Å². The summed E-state index contributed by atoms with van der Waals surface area (Å²) in [6, 6.07) is 10.8. The molecule has 47 heavy (non-hydrogen) atoms. The van der Waals surface area contributed by atoms with Crippen molar-refractivity contribution in [1.82, 2.24) is 4.90 Å². The van der Waals surface area contributed by atoms with E-state index in [0.29, 0.717) is 6.04 Å². The Morgan fingerprint density at radius 1 is 0.489 bits per heavy atom. The quantitative estimate of drug-likeness (QED) is 0.181. The molecule has 0 amide bonds. The molecular weight excluding hydrogens is 648 g/mol. The van der Waals surface area contributed by atoms with Crippen molar-refractivity contribution in [3.63, 3.8) is 0 Å². The van der Waals surface area contributed by atoms with E-state index in [-0.39, 0.29) is 32.9 Å². The normalized spacial score (nSPS) is 27.9. The van der Waals surface area contributed by atoms with Crippen molar-refractivity contribution < 1.29 is 17.1 Å². The van der Waals surface area contributed by atoms with E-state index in [1.54, 1.807) is 37.7 Å². The van der Waals surface area contributed by atoms with Gasteiger partial charge in [0.2, 0.25) is 0 Å². The fourth-order valence-corrected chi connectivity index (χ4v) is 20.3. The van der Waals surface area contributed by atoms with Crippen LogP contribution in [0.1, 0.15) is 191 Å². The third kappa shape index (κ3) is 10.3. The Hall–Kier alpha value is 0.559. The topological polar surface area (TPSA) is 3.24 Å². The van der Waals surface area contributed by atoms with Gasteiger partial charge in [-0.25, -0.2) is 0 Å². The molecule has 0 aliphatic heterocycles. The zero-order valence-electron chi connectivity index (χ0n) is 30.8. The smallest absolute Gasteiger partial charge is 0.0382 e. The van der Waals surface area contributed by atoms with Crippen LogP contribution in [0, 0.1) is 5.92 Å². The van der Waals surface area contributed by atoms with Gasteiger partial charge in [0, 0.05) is 23.1 Å². The fourth-order valence-electron chi connectivity index (χ4n) is 11.5. The monoisotopic (exact) mass is 721 g/mol. The first-order chi connectivity index (χ1) is 22.7. The third-order valence-electron chi connectivity index (χ3n) is 13.6. The van der Waals surface area contributed by atoms with Gasteiger partial charge in [-0.1, -0.05) is 156 Å². The van der Waals surface area contributed by atoms with Crippen LogP contribution >= 0.6 is 15.8 Å². The van der Waals surface area contributed by atoms with E-state index in [1.165, 1.54) is 148 Å². The SMILES string of the molecule is C1CCCC1.CN(C)[C@H](c1ccccc1P(C1CCCCC1)C1CCCCC1)C1CCCC1P(C1CCCCC1)C1CCCCC1.[Fe]. The molecule has 268 valence electrons. The molecular formula is C43H73FeNP2. The van der Waals surface area contributed by atoms with Gasteiger partial charge in [0.25, 0.3) is 0 Å². The minimum absolute atomic E-state index is 0. The predicted molar refractivity (Wildman–Crippen MR) is 208 cm³/mol. The van der Waals surface area contributed by atoms with Gasteiger partial charge in [-0.2, -0.15) is 0 Å². The van der Waals surface area contributed by atoms with Crippen LogP contribution in [0.5, 0.6) is 0 Å². The summed E-state index contributed by atoms with van der Waals surface area (Å²) >= 11 is 0. The summed E-state index contributed by atoms with van der Waals surface area (Å²) in [5.41, 5.74) is 6.99. The number of benzene rings is 1. The average molecular weight is 722 g/mol. The maximum Gasteiger partial charge on any atom is 0.0382 e. The number of hydrogen-bond acceptors (Lipinski definition) is 1. The fraction of sp³-hybridized carbons (Fsp3) is 0.860. The summed E-state index contributed by atoms with van der Waals surface area (Å²) in [7, 11) is 5.01. The molecule has 7 rings (SSSR count). The molecule has 0 heterocycles. The molecule has 6 aliphatic carbocycles. The van der Waals surface area contributed by atoms with Gasteiger partial charge in [-0.15, -0.1) is 0 Å². The van der Waals surface area contributed by atoms with Crippen LogP contribution in [0.4, 0.5) is 0 Å². The standard InChI is InChI=1S/C38H63NP2.C5H10.Fe/c1-39(2)38(35-27-17-29-37(35)41(32-22-11-5-12-23-32)33-24-13-6-14-25-33)34-26-15-16-28-36(34)40(30-18-7-3-8-19-30)31-20-9-4-10-21-31;1-2-4-5-3-1;/h15-16,26,28,30-33,35,37-38H,3-14,17-25,27,29H2,1-2H3;1-5H2;/t35?,37?,38-;;/m1../s1. The van der Waals surface area contributed by atoms with E-state index < -0.39 is 0 Å². The molecule has 0 spiro atoms. The minimum Gasteiger partial charge on any atom is -0.302 e. The molecule has 1 nitrogen and oxygen atoms in total. The van der Waals surface area contributed by atoms with Crippen LogP contribution in [0.15, 0.2) is 24.3 Å². The second-order valence-electron chi connectivity index (χ2n) is 16.9. The van der Waals surface area contributed by atoms with Crippen molar-refractivity contribution in [3.05, 3.63) is 29.8 Å². The van der Waals surface area contributed by atoms with E-state index in [9.17, 15) is 0 Å². The second kappa shape index (κ2) is 20.6. The Labute approximate surface area is 305 Å². The first-order valence-corrected chi connectivity index (χ1v) is 24.1. The molecule has 6 saturated carbocycles. The van der Waals surface area contributed by atoms with Crippen molar-refractivity contribution >= 4 is 21.1 Å². The van der Waals surface area contributed by atoms with Crippen LogP contribution in [-0.4, -0.2) is 47.3 Å². The van der Waals surface area contributed by atoms with Gasteiger partial charge >= 0.3 is 0 Å². The number of nitrogens with zero attached hydrogens (tertiary/aromatic N) is 1. The van der Waals surface area contributed by atoms with Crippen LogP contribution in [-0.2, 0) is 17.1 Å². The van der Waals surface area contributed by atoms with E-state index in [2.05, 4.69) is 43.3 Å². The first kappa shape index (κ1) is 38.8. The molecule has 0 N–H and O–H groups in total. The van der Waals surface area contributed by atoms with Gasteiger partial charge in [-0.3, -0.25) is 0 Å². The summed E-state index contributed by atoms with van der Waals surface area (Å²) in [6.07, 6.45) is 42.5. The van der Waals surface area contributed by atoms with Gasteiger partial charge in [-0.05, 0) is 123 Å². The zero-order valence-corrected chi connectivity index (χ0v) is 33.7. The van der Waals surface area contributed by atoms with Gasteiger partial charge < -0.3 is 4.90 Å². The molecule has 0 bridgehead atoms. The zero-order chi connectivity index (χ0) is 31.6.